The molecule has 0 spiro atoms. The Bertz CT molecular complexity index is 978. The summed E-state index contributed by atoms with van der Waals surface area (Å²) in [5.41, 5.74) is 3.18. The Morgan fingerprint density at radius 1 is 1.31 bits per heavy atom. The highest BCUT2D eigenvalue weighted by Gasteiger charge is 2.25. The molecule has 4 rings (SSSR count). The molecule has 1 aliphatic heterocycles. The first-order chi connectivity index (χ1) is 12.6. The summed E-state index contributed by atoms with van der Waals surface area (Å²) in [5, 5.41) is 4.79. The molecule has 0 fully saturated rings. The van der Waals surface area contributed by atoms with Crippen LogP contribution >= 0.6 is 11.6 Å². The number of nitrogens with zero attached hydrogens (tertiary/aromatic N) is 5. The number of aryl methyl sites for hydroxylation is 1. The molecule has 3 heterocycles. The van der Waals surface area contributed by atoms with Crippen LogP contribution in [0, 0.1) is 6.92 Å². The molecule has 1 aliphatic rings. The zero-order valence-corrected chi connectivity index (χ0v) is 15.3. The maximum absolute atomic E-state index is 12.9. The van der Waals surface area contributed by atoms with Crippen LogP contribution in [0.2, 0.25) is 5.02 Å². The Labute approximate surface area is 155 Å². The molecule has 1 amide bonds. The van der Waals surface area contributed by atoms with Gasteiger partial charge in [0.25, 0.3) is 5.91 Å². The van der Waals surface area contributed by atoms with E-state index >= 15 is 0 Å². The third-order valence-corrected chi connectivity index (χ3v) is 4.84. The van der Waals surface area contributed by atoms with Gasteiger partial charge in [0.15, 0.2) is 0 Å². The molecule has 2 aromatic heterocycles. The van der Waals surface area contributed by atoms with Gasteiger partial charge >= 0.3 is 0 Å². The smallest absolute Gasteiger partial charge is 0.274 e. The van der Waals surface area contributed by atoms with Gasteiger partial charge in [-0.2, -0.15) is 5.10 Å². The average Bonchev–Trinajstić information content (AvgIpc) is 3.28. The van der Waals surface area contributed by atoms with Crippen LogP contribution in [0.4, 0.5) is 0 Å². The molecule has 0 aliphatic carbocycles. The predicted octanol–water partition coefficient (Wildman–Crippen LogP) is 2.70. The second-order valence-electron chi connectivity index (χ2n) is 6.23. The van der Waals surface area contributed by atoms with E-state index in [1.165, 1.54) is 0 Å². The molecular weight excluding hydrogens is 354 g/mol. The zero-order valence-electron chi connectivity index (χ0n) is 14.5. The molecule has 0 saturated heterocycles. The maximum atomic E-state index is 12.9. The summed E-state index contributed by atoms with van der Waals surface area (Å²) >= 11 is 6.15. The van der Waals surface area contributed by atoms with Crippen molar-refractivity contribution < 1.29 is 9.53 Å². The zero-order chi connectivity index (χ0) is 18.3. The van der Waals surface area contributed by atoms with Gasteiger partial charge in [-0.3, -0.25) is 9.48 Å². The van der Waals surface area contributed by atoms with Crippen LogP contribution in [-0.4, -0.2) is 43.8 Å². The third-order valence-electron chi connectivity index (χ3n) is 4.52. The number of benzene rings is 1. The SMILES string of the molecule is COc1ccc(C)cc1-n1cnc(C(=O)N2CCn3ncc(Cl)c3C2)c1. The number of imidazole rings is 1. The molecule has 0 bridgehead atoms. The monoisotopic (exact) mass is 371 g/mol. The van der Waals surface area contributed by atoms with Gasteiger partial charge in [-0.15, -0.1) is 0 Å². The number of halogens is 1. The van der Waals surface area contributed by atoms with E-state index < -0.39 is 0 Å². The third kappa shape index (κ3) is 2.84. The van der Waals surface area contributed by atoms with E-state index in [1.54, 1.807) is 35.3 Å². The number of methoxy groups -OCH3 is 1. The Kier molecular flexibility index (Phi) is 4.16. The van der Waals surface area contributed by atoms with Gasteiger partial charge in [0.1, 0.15) is 17.8 Å². The van der Waals surface area contributed by atoms with Crippen molar-refractivity contribution >= 4 is 17.5 Å². The van der Waals surface area contributed by atoms with Crippen molar-refractivity contribution in [3.05, 3.63) is 58.9 Å². The molecule has 7 nitrogen and oxygen atoms in total. The summed E-state index contributed by atoms with van der Waals surface area (Å²) in [7, 11) is 1.62. The minimum absolute atomic E-state index is 0.126. The summed E-state index contributed by atoms with van der Waals surface area (Å²) < 4.78 is 9.06. The molecule has 0 saturated carbocycles. The lowest BCUT2D eigenvalue weighted by Crippen LogP contribution is -2.38. The molecule has 8 heteroatoms. The summed E-state index contributed by atoms with van der Waals surface area (Å²) in [6.45, 7) is 3.63. The summed E-state index contributed by atoms with van der Waals surface area (Å²) in [6, 6.07) is 5.87. The van der Waals surface area contributed by atoms with E-state index in [-0.39, 0.29) is 5.91 Å². The first-order valence-corrected chi connectivity index (χ1v) is 8.63. The number of carbonyl (C=O) groups excluding carboxylic acids is 1. The molecule has 0 N–H and O–H groups in total. The van der Waals surface area contributed by atoms with E-state index in [9.17, 15) is 4.79 Å². The van der Waals surface area contributed by atoms with Crippen LogP contribution in [0.5, 0.6) is 5.75 Å². The first kappa shape index (κ1) is 16.7. The van der Waals surface area contributed by atoms with Crippen LogP contribution in [-0.2, 0) is 13.1 Å². The highest BCUT2D eigenvalue weighted by molar-refractivity contribution is 6.31. The van der Waals surface area contributed by atoms with Crippen molar-refractivity contribution in [3.63, 3.8) is 0 Å². The maximum Gasteiger partial charge on any atom is 0.274 e. The van der Waals surface area contributed by atoms with Crippen LogP contribution < -0.4 is 4.74 Å². The molecular formula is C18H18ClN5O2. The highest BCUT2D eigenvalue weighted by Crippen LogP contribution is 2.25. The van der Waals surface area contributed by atoms with Crippen molar-refractivity contribution in [3.8, 4) is 11.4 Å². The van der Waals surface area contributed by atoms with E-state index in [4.69, 9.17) is 16.3 Å². The molecule has 0 atom stereocenters. The lowest BCUT2D eigenvalue weighted by molar-refractivity contribution is 0.0700. The Morgan fingerprint density at radius 2 is 2.15 bits per heavy atom. The molecule has 134 valence electrons. The highest BCUT2D eigenvalue weighted by atomic mass is 35.5. The van der Waals surface area contributed by atoms with Gasteiger partial charge in [0.05, 0.1) is 42.8 Å². The lowest BCUT2D eigenvalue weighted by atomic mass is 10.2. The first-order valence-electron chi connectivity index (χ1n) is 8.25. The van der Waals surface area contributed by atoms with Crippen molar-refractivity contribution in [2.45, 2.75) is 20.0 Å². The Balaban J connectivity index is 1.60. The number of ether oxygens (including phenoxy) is 1. The standard InChI is InChI=1S/C18H18ClN5O2/c1-12-3-4-17(26-2)15(7-12)23-9-14(20-11-23)18(25)22-5-6-24-16(10-22)13(19)8-21-24/h3-4,7-9,11H,5-6,10H2,1-2H3. The van der Waals surface area contributed by atoms with Gasteiger partial charge in [0.2, 0.25) is 0 Å². The van der Waals surface area contributed by atoms with Crippen LogP contribution in [0.15, 0.2) is 36.9 Å². The molecule has 0 unspecified atom stereocenters. The fraction of sp³-hybridized carbons (Fsp3) is 0.278. The van der Waals surface area contributed by atoms with Gasteiger partial charge < -0.3 is 14.2 Å². The number of aromatic nitrogens is 4. The topological polar surface area (TPSA) is 65.2 Å². The fourth-order valence-electron chi connectivity index (χ4n) is 3.12. The van der Waals surface area contributed by atoms with Crippen LogP contribution in [0.25, 0.3) is 5.69 Å². The van der Waals surface area contributed by atoms with E-state index in [1.807, 2.05) is 29.8 Å². The number of carbonyl (C=O) groups is 1. The van der Waals surface area contributed by atoms with Gasteiger partial charge in [-0.25, -0.2) is 4.98 Å². The quantitative estimate of drug-likeness (QED) is 0.710. The number of hydrogen-bond acceptors (Lipinski definition) is 4. The van der Waals surface area contributed by atoms with E-state index in [2.05, 4.69) is 10.1 Å². The lowest BCUT2D eigenvalue weighted by Gasteiger charge is -2.27. The van der Waals surface area contributed by atoms with Crippen molar-refractivity contribution in [2.75, 3.05) is 13.7 Å². The van der Waals surface area contributed by atoms with Crippen LogP contribution in [0.3, 0.4) is 0 Å². The normalized spacial score (nSPS) is 13.6. The summed E-state index contributed by atoms with van der Waals surface area (Å²) in [5.74, 6) is 0.597. The second kappa shape index (κ2) is 6.49. The van der Waals surface area contributed by atoms with E-state index in [0.717, 1.165) is 22.7 Å². The van der Waals surface area contributed by atoms with Crippen LogP contribution in [0.1, 0.15) is 21.7 Å². The number of rotatable bonds is 3. The minimum Gasteiger partial charge on any atom is -0.495 e. The van der Waals surface area contributed by atoms with Gasteiger partial charge in [0, 0.05) is 12.7 Å². The van der Waals surface area contributed by atoms with E-state index in [0.29, 0.717) is 30.4 Å². The number of fused-ring (bicyclic) bond motifs is 1. The second-order valence-corrected chi connectivity index (χ2v) is 6.64. The van der Waals surface area contributed by atoms with Crippen molar-refractivity contribution in [1.29, 1.82) is 0 Å². The summed E-state index contributed by atoms with van der Waals surface area (Å²) in [6.07, 6.45) is 4.97. The largest absolute Gasteiger partial charge is 0.495 e. The average molecular weight is 372 g/mol. The number of hydrogen-bond donors (Lipinski definition) is 0. The molecule has 3 aromatic rings. The van der Waals surface area contributed by atoms with Gasteiger partial charge in [-0.05, 0) is 24.6 Å². The minimum atomic E-state index is -0.126. The molecule has 1 aromatic carbocycles. The molecule has 26 heavy (non-hydrogen) atoms. The predicted molar refractivity (Wildman–Crippen MR) is 96.8 cm³/mol. The molecule has 0 radical (unpaired) electrons. The summed E-state index contributed by atoms with van der Waals surface area (Å²) in [4.78, 5) is 18.9. The Hall–Kier alpha value is -2.80. The van der Waals surface area contributed by atoms with Gasteiger partial charge in [-0.1, -0.05) is 17.7 Å². The Morgan fingerprint density at radius 3 is 2.96 bits per heavy atom. The van der Waals surface area contributed by atoms with Crippen molar-refractivity contribution in [2.24, 2.45) is 0 Å². The fourth-order valence-corrected chi connectivity index (χ4v) is 3.32. The number of amides is 1. The van der Waals surface area contributed by atoms with Crippen molar-refractivity contribution in [1.82, 2.24) is 24.2 Å².